The van der Waals surface area contributed by atoms with Gasteiger partial charge in [-0.15, -0.1) is 0 Å². The van der Waals surface area contributed by atoms with Crippen LogP contribution in [0.2, 0.25) is 10.0 Å². The normalized spacial score (nSPS) is 10.3. The molecule has 2 nitrogen and oxygen atoms in total. The van der Waals surface area contributed by atoms with Crippen molar-refractivity contribution in [2.75, 3.05) is 5.32 Å². The molecule has 2 rings (SSSR count). The number of nitrogens with one attached hydrogen (secondary N) is 1. The lowest BCUT2D eigenvalue weighted by Crippen LogP contribution is -2.12. The Morgan fingerprint density at radius 2 is 1.89 bits per heavy atom. The lowest BCUT2D eigenvalue weighted by Gasteiger charge is -2.13. The number of anilines is 2. The topological polar surface area (TPSA) is 38.0 Å². The van der Waals surface area contributed by atoms with Crippen molar-refractivity contribution in [2.24, 2.45) is 5.73 Å². The molecule has 0 bridgehead atoms. The molecule has 0 fully saturated rings. The Morgan fingerprint density at radius 1 is 1.16 bits per heavy atom. The fourth-order valence-electron chi connectivity index (χ4n) is 1.61. The monoisotopic (exact) mass is 374 g/mol. The summed E-state index contributed by atoms with van der Waals surface area (Å²) in [7, 11) is 0. The highest BCUT2D eigenvalue weighted by atomic mass is 79.9. The van der Waals surface area contributed by atoms with E-state index in [4.69, 9.17) is 41.2 Å². The zero-order valence-corrected chi connectivity index (χ0v) is 13.5. The highest BCUT2D eigenvalue weighted by molar-refractivity contribution is 9.10. The van der Waals surface area contributed by atoms with Gasteiger partial charge in [-0.1, -0.05) is 41.5 Å². The van der Waals surface area contributed by atoms with Gasteiger partial charge in [-0.05, 0) is 46.3 Å². The summed E-state index contributed by atoms with van der Waals surface area (Å²) in [4.78, 5) is 0.315. The van der Waals surface area contributed by atoms with E-state index in [2.05, 4.69) is 21.2 Å². The minimum atomic E-state index is 0.315. The second-order valence-corrected chi connectivity index (χ2v) is 5.89. The van der Waals surface area contributed by atoms with Gasteiger partial charge in [-0.2, -0.15) is 0 Å². The van der Waals surface area contributed by atoms with E-state index in [1.807, 2.05) is 24.3 Å². The summed E-state index contributed by atoms with van der Waals surface area (Å²) < 4.78 is 0.838. The molecule has 0 saturated carbocycles. The van der Waals surface area contributed by atoms with E-state index in [-0.39, 0.29) is 0 Å². The van der Waals surface area contributed by atoms with Gasteiger partial charge >= 0.3 is 0 Å². The van der Waals surface area contributed by atoms with E-state index in [0.717, 1.165) is 21.4 Å². The summed E-state index contributed by atoms with van der Waals surface area (Å²) in [5, 5.41) is 4.22. The van der Waals surface area contributed by atoms with Crippen LogP contribution in [0.4, 0.5) is 11.4 Å². The Hall–Kier alpha value is -0.810. The number of hydrogen-bond acceptors (Lipinski definition) is 2. The van der Waals surface area contributed by atoms with E-state index in [0.29, 0.717) is 15.0 Å². The quantitative estimate of drug-likeness (QED) is 0.730. The van der Waals surface area contributed by atoms with Crippen LogP contribution in [-0.4, -0.2) is 4.99 Å². The molecule has 0 aromatic heterocycles. The first-order valence-electron chi connectivity index (χ1n) is 5.29. The van der Waals surface area contributed by atoms with Gasteiger partial charge in [0.25, 0.3) is 0 Å². The molecule has 0 amide bonds. The number of rotatable bonds is 3. The average Bonchev–Trinajstić information content (AvgIpc) is 2.33. The molecule has 2 aromatic rings. The molecule has 6 heteroatoms. The summed E-state index contributed by atoms with van der Waals surface area (Å²) >= 11 is 20.4. The highest BCUT2D eigenvalue weighted by Crippen LogP contribution is 2.30. The summed E-state index contributed by atoms with van der Waals surface area (Å²) in [5.41, 5.74) is 8.11. The zero-order valence-electron chi connectivity index (χ0n) is 9.58. The molecule has 98 valence electrons. The number of halogens is 3. The fourth-order valence-corrected chi connectivity index (χ4v) is 2.84. The van der Waals surface area contributed by atoms with E-state index in [1.54, 1.807) is 12.1 Å². The molecule has 0 radical (unpaired) electrons. The van der Waals surface area contributed by atoms with Gasteiger partial charge in [-0.25, -0.2) is 0 Å². The van der Waals surface area contributed by atoms with Gasteiger partial charge in [0.1, 0.15) is 4.99 Å². The van der Waals surface area contributed by atoms with Crippen molar-refractivity contribution in [1.29, 1.82) is 0 Å². The van der Waals surface area contributed by atoms with Gasteiger partial charge in [-0.3, -0.25) is 0 Å². The van der Waals surface area contributed by atoms with Crippen LogP contribution in [0.25, 0.3) is 0 Å². The largest absolute Gasteiger partial charge is 0.389 e. The second kappa shape index (κ2) is 6.09. The van der Waals surface area contributed by atoms with Crippen LogP contribution in [-0.2, 0) is 0 Å². The summed E-state index contributed by atoms with van der Waals surface area (Å²) in [6.45, 7) is 0. The van der Waals surface area contributed by atoms with Crippen LogP contribution >= 0.6 is 51.3 Å². The van der Waals surface area contributed by atoms with Crippen molar-refractivity contribution < 1.29 is 0 Å². The molecular formula is C13H9BrCl2N2S. The van der Waals surface area contributed by atoms with Crippen molar-refractivity contribution in [1.82, 2.24) is 0 Å². The molecule has 0 aliphatic heterocycles. The van der Waals surface area contributed by atoms with E-state index < -0.39 is 0 Å². The van der Waals surface area contributed by atoms with Crippen molar-refractivity contribution in [2.45, 2.75) is 0 Å². The molecule has 0 aliphatic rings. The van der Waals surface area contributed by atoms with Crippen LogP contribution in [0.5, 0.6) is 0 Å². The highest BCUT2D eigenvalue weighted by Gasteiger charge is 2.10. The van der Waals surface area contributed by atoms with E-state index >= 15 is 0 Å². The lowest BCUT2D eigenvalue weighted by molar-refractivity contribution is 1.50. The summed E-state index contributed by atoms with van der Waals surface area (Å²) in [6, 6.07) is 11.0. The molecule has 0 aliphatic carbocycles. The summed E-state index contributed by atoms with van der Waals surface area (Å²) in [5.74, 6) is 0. The van der Waals surface area contributed by atoms with E-state index in [9.17, 15) is 0 Å². The van der Waals surface area contributed by atoms with Crippen LogP contribution < -0.4 is 11.1 Å². The molecule has 0 spiro atoms. The minimum Gasteiger partial charge on any atom is -0.389 e. The Balaban J connectivity index is 2.40. The van der Waals surface area contributed by atoms with Gasteiger partial charge in [0.2, 0.25) is 0 Å². The maximum absolute atomic E-state index is 5.98. The predicted molar refractivity (Wildman–Crippen MR) is 89.8 cm³/mol. The fraction of sp³-hybridized carbons (Fsp3) is 0. The molecule has 3 N–H and O–H groups in total. The van der Waals surface area contributed by atoms with Crippen LogP contribution in [0, 0.1) is 0 Å². The Labute approximate surface area is 135 Å². The maximum Gasteiger partial charge on any atom is 0.107 e. The molecule has 0 heterocycles. The molecule has 19 heavy (non-hydrogen) atoms. The second-order valence-electron chi connectivity index (χ2n) is 3.78. The standard InChI is InChI=1S/C13H9BrCl2N2S/c14-8-2-1-3-11(12(8)13(17)19)18-7-4-5-9(15)10(16)6-7/h1-6,18H,(H2,17,19). The van der Waals surface area contributed by atoms with Gasteiger partial charge in [0.15, 0.2) is 0 Å². The molecule has 0 saturated heterocycles. The summed E-state index contributed by atoms with van der Waals surface area (Å²) in [6.07, 6.45) is 0. The lowest BCUT2D eigenvalue weighted by atomic mass is 10.1. The Bertz CT molecular complexity index is 647. The maximum atomic E-state index is 5.98. The number of nitrogens with two attached hydrogens (primary N) is 1. The van der Waals surface area contributed by atoms with E-state index in [1.165, 1.54) is 0 Å². The molecule has 0 atom stereocenters. The number of benzene rings is 2. The predicted octanol–water partition coefficient (Wildman–Crippen LogP) is 5.13. The average molecular weight is 376 g/mol. The molecule has 2 aromatic carbocycles. The first-order chi connectivity index (χ1) is 8.99. The minimum absolute atomic E-state index is 0.315. The van der Waals surface area contributed by atoms with Crippen molar-refractivity contribution in [3.05, 3.63) is 56.5 Å². The van der Waals surface area contributed by atoms with Crippen molar-refractivity contribution in [3.8, 4) is 0 Å². The zero-order chi connectivity index (χ0) is 14.0. The first-order valence-corrected chi connectivity index (χ1v) is 7.25. The van der Waals surface area contributed by atoms with Gasteiger partial charge < -0.3 is 11.1 Å². The smallest absolute Gasteiger partial charge is 0.107 e. The SMILES string of the molecule is NC(=S)c1c(Br)cccc1Nc1ccc(Cl)c(Cl)c1. The number of hydrogen-bond donors (Lipinski definition) is 2. The molecular weight excluding hydrogens is 367 g/mol. The van der Waals surface area contributed by atoms with Gasteiger partial charge in [0, 0.05) is 21.4 Å². The Morgan fingerprint density at radius 3 is 2.53 bits per heavy atom. The van der Waals surface area contributed by atoms with Gasteiger partial charge in [0.05, 0.1) is 10.0 Å². The first kappa shape index (κ1) is 14.6. The third-order valence-electron chi connectivity index (χ3n) is 2.46. The third-order valence-corrected chi connectivity index (χ3v) is 4.06. The van der Waals surface area contributed by atoms with Crippen LogP contribution in [0.3, 0.4) is 0 Å². The third kappa shape index (κ3) is 3.39. The van der Waals surface area contributed by atoms with Crippen LogP contribution in [0.1, 0.15) is 5.56 Å². The van der Waals surface area contributed by atoms with Crippen molar-refractivity contribution >= 4 is 67.7 Å². The Kier molecular flexibility index (Phi) is 4.68. The van der Waals surface area contributed by atoms with Crippen molar-refractivity contribution in [3.63, 3.8) is 0 Å². The molecule has 0 unspecified atom stereocenters. The van der Waals surface area contributed by atoms with Crippen LogP contribution in [0.15, 0.2) is 40.9 Å². The number of thiocarbonyl (C=S) groups is 1.